The summed E-state index contributed by atoms with van der Waals surface area (Å²) in [5, 5.41) is 8.75. The Bertz CT molecular complexity index is 702. The van der Waals surface area contributed by atoms with Gasteiger partial charge in [0.1, 0.15) is 24.8 Å². The molecule has 0 aliphatic carbocycles. The largest absolute Gasteiger partial charge is 0.489 e. The van der Waals surface area contributed by atoms with E-state index < -0.39 is 5.82 Å². The lowest BCUT2D eigenvalue weighted by Crippen LogP contribution is -2.00. The Morgan fingerprint density at radius 2 is 2.10 bits per heavy atom. The number of benzene rings is 2. The van der Waals surface area contributed by atoms with Gasteiger partial charge in [-0.15, -0.1) is 0 Å². The van der Waals surface area contributed by atoms with Gasteiger partial charge in [-0.3, -0.25) is 0 Å². The van der Waals surface area contributed by atoms with Crippen molar-refractivity contribution in [1.29, 1.82) is 0 Å². The Balaban J connectivity index is 2.12. The normalized spacial score (nSPS) is 9.90. The third-order valence-electron chi connectivity index (χ3n) is 2.90. The van der Waals surface area contributed by atoms with E-state index in [2.05, 4.69) is 11.8 Å². The molecule has 0 spiro atoms. The molecule has 2 rings (SSSR count). The van der Waals surface area contributed by atoms with Crippen molar-refractivity contribution in [3.05, 3.63) is 63.9 Å². The van der Waals surface area contributed by atoms with Crippen LogP contribution in [0.15, 0.2) is 36.4 Å². The van der Waals surface area contributed by atoms with E-state index in [-0.39, 0.29) is 18.2 Å². The van der Waals surface area contributed by atoms with Crippen LogP contribution in [0.3, 0.4) is 0 Å². The molecular weight excluding hydrogens is 291 g/mol. The lowest BCUT2D eigenvalue weighted by molar-refractivity contribution is 0.298. The second-order valence-corrected chi connectivity index (χ2v) is 4.85. The van der Waals surface area contributed by atoms with Crippen LogP contribution in [0.1, 0.15) is 16.7 Å². The van der Waals surface area contributed by atoms with Crippen LogP contribution in [0.4, 0.5) is 4.39 Å². The summed E-state index contributed by atoms with van der Waals surface area (Å²) in [5.41, 5.74) is 2.09. The maximum absolute atomic E-state index is 13.8. The van der Waals surface area contributed by atoms with Gasteiger partial charge in [-0.05, 0) is 36.8 Å². The molecule has 4 heteroatoms. The van der Waals surface area contributed by atoms with Crippen molar-refractivity contribution in [2.75, 3.05) is 6.61 Å². The lowest BCUT2D eigenvalue weighted by Gasteiger charge is -2.10. The Labute approximate surface area is 128 Å². The molecule has 0 saturated carbocycles. The molecule has 0 atom stereocenters. The van der Waals surface area contributed by atoms with Gasteiger partial charge in [-0.25, -0.2) is 4.39 Å². The van der Waals surface area contributed by atoms with Crippen molar-refractivity contribution in [3.63, 3.8) is 0 Å². The summed E-state index contributed by atoms with van der Waals surface area (Å²) in [4.78, 5) is 0. The SMILES string of the molecule is Cc1cc(C#CCO)ccc1OCc1cccc(Cl)c1F. The van der Waals surface area contributed by atoms with Crippen molar-refractivity contribution in [1.82, 2.24) is 0 Å². The molecule has 0 radical (unpaired) electrons. The maximum Gasteiger partial charge on any atom is 0.148 e. The number of aryl methyl sites for hydroxylation is 1. The van der Waals surface area contributed by atoms with Crippen LogP contribution < -0.4 is 4.74 Å². The van der Waals surface area contributed by atoms with Crippen LogP contribution in [0.5, 0.6) is 5.75 Å². The number of aliphatic hydroxyl groups is 1. The summed E-state index contributed by atoms with van der Waals surface area (Å²) in [6, 6.07) is 10.2. The van der Waals surface area contributed by atoms with E-state index in [1.54, 1.807) is 24.3 Å². The summed E-state index contributed by atoms with van der Waals surface area (Å²) in [7, 11) is 0. The molecule has 108 valence electrons. The van der Waals surface area contributed by atoms with Gasteiger partial charge in [-0.2, -0.15) is 0 Å². The van der Waals surface area contributed by atoms with Crippen LogP contribution in [-0.4, -0.2) is 11.7 Å². The fraction of sp³-hybridized carbons (Fsp3) is 0.176. The Morgan fingerprint density at radius 1 is 1.29 bits per heavy atom. The van der Waals surface area contributed by atoms with Gasteiger partial charge in [-0.1, -0.05) is 35.6 Å². The van der Waals surface area contributed by atoms with Crippen LogP contribution in [0, 0.1) is 24.6 Å². The zero-order valence-corrected chi connectivity index (χ0v) is 12.2. The van der Waals surface area contributed by atoms with Gasteiger partial charge in [0, 0.05) is 11.1 Å². The quantitative estimate of drug-likeness (QED) is 0.876. The zero-order valence-electron chi connectivity index (χ0n) is 11.5. The molecule has 2 nitrogen and oxygen atoms in total. The molecule has 2 aromatic rings. The molecule has 0 aliphatic rings. The van der Waals surface area contributed by atoms with Crippen LogP contribution >= 0.6 is 11.6 Å². The molecule has 0 saturated heterocycles. The van der Waals surface area contributed by atoms with Crippen molar-refractivity contribution in [2.45, 2.75) is 13.5 Å². The van der Waals surface area contributed by atoms with Crippen LogP contribution in [-0.2, 0) is 6.61 Å². The molecule has 0 heterocycles. The van der Waals surface area contributed by atoms with E-state index in [0.717, 1.165) is 11.1 Å². The fourth-order valence-electron chi connectivity index (χ4n) is 1.85. The summed E-state index contributed by atoms with van der Waals surface area (Å²) < 4.78 is 19.4. The highest BCUT2D eigenvalue weighted by Gasteiger charge is 2.07. The maximum atomic E-state index is 13.8. The zero-order chi connectivity index (χ0) is 15.2. The van der Waals surface area contributed by atoms with Crippen molar-refractivity contribution >= 4 is 11.6 Å². The van der Waals surface area contributed by atoms with Crippen molar-refractivity contribution in [3.8, 4) is 17.6 Å². The van der Waals surface area contributed by atoms with E-state index in [0.29, 0.717) is 11.3 Å². The molecule has 0 unspecified atom stereocenters. The van der Waals surface area contributed by atoms with Gasteiger partial charge in [0.05, 0.1) is 5.02 Å². The Hall–Kier alpha value is -2.02. The van der Waals surface area contributed by atoms with Crippen molar-refractivity contribution in [2.24, 2.45) is 0 Å². The minimum Gasteiger partial charge on any atom is -0.489 e. The fourth-order valence-corrected chi connectivity index (χ4v) is 2.04. The first-order chi connectivity index (χ1) is 10.1. The molecule has 2 aromatic carbocycles. The van der Waals surface area contributed by atoms with E-state index in [1.807, 2.05) is 13.0 Å². The number of hydrogen-bond donors (Lipinski definition) is 1. The second kappa shape index (κ2) is 7.12. The minimum atomic E-state index is -0.456. The summed E-state index contributed by atoms with van der Waals surface area (Å²) in [6.07, 6.45) is 0. The van der Waals surface area contributed by atoms with Gasteiger partial charge >= 0.3 is 0 Å². The molecular formula is C17H14ClFO2. The lowest BCUT2D eigenvalue weighted by atomic mass is 10.1. The highest BCUT2D eigenvalue weighted by atomic mass is 35.5. The molecule has 0 amide bonds. The number of halogens is 2. The minimum absolute atomic E-state index is 0.0856. The predicted molar refractivity (Wildman–Crippen MR) is 80.9 cm³/mol. The highest BCUT2D eigenvalue weighted by Crippen LogP contribution is 2.22. The standard InChI is InChI=1S/C17H14ClFO2/c1-12-10-13(4-3-9-20)7-8-16(12)21-11-14-5-2-6-15(18)17(14)19/h2,5-8,10,20H,9,11H2,1H3. The number of ether oxygens (including phenoxy) is 1. The predicted octanol–water partition coefficient (Wildman–Crippen LogP) is 3.71. The first-order valence-corrected chi connectivity index (χ1v) is 6.75. The molecule has 1 N–H and O–H groups in total. The Kier molecular flexibility index (Phi) is 5.21. The van der Waals surface area contributed by atoms with E-state index in [1.165, 1.54) is 6.07 Å². The Morgan fingerprint density at radius 3 is 2.81 bits per heavy atom. The summed E-state index contributed by atoms with van der Waals surface area (Å²) in [6.45, 7) is 1.81. The molecule has 21 heavy (non-hydrogen) atoms. The molecule has 0 bridgehead atoms. The first kappa shape index (κ1) is 15.4. The van der Waals surface area contributed by atoms with E-state index in [9.17, 15) is 4.39 Å². The van der Waals surface area contributed by atoms with Crippen LogP contribution in [0.2, 0.25) is 5.02 Å². The van der Waals surface area contributed by atoms with Gasteiger partial charge in [0.2, 0.25) is 0 Å². The first-order valence-electron chi connectivity index (χ1n) is 6.38. The molecule has 0 aromatic heterocycles. The van der Waals surface area contributed by atoms with E-state index >= 15 is 0 Å². The van der Waals surface area contributed by atoms with Gasteiger partial charge in [0.25, 0.3) is 0 Å². The number of hydrogen-bond acceptors (Lipinski definition) is 2. The summed E-state index contributed by atoms with van der Waals surface area (Å²) in [5.74, 6) is 5.60. The summed E-state index contributed by atoms with van der Waals surface area (Å²) >= 11 is 5.73. The van der Waals surface area contributed by atoms with Crippen LogP contribution in [0.25, 0.3) is 0 Å². The molecule has 0 aliphatic heterocycles. The second-order valence-electron chi connectivity index (χ2n) is 4.44. The van der Waals surface area contributed by atoms with Crippen molar-refractivity contribution < 1.29 is 14.2 Å². The third-order valence-corrected chi connectivity index (χ3v) is 3.19. The number of aliphatic hydroxyl groups excluding tert-OH is 1. The third kappa shape index (κ3) is 3.98. The van der Waals surface area contributed by atoms with Gasteiger partial charge in [0.15, 0.2) is 0 Å². The smallest absolute Gasteiger partial charge is 0.148 e. The van der Waals surface area contributed by atoms with Gasteiger partial charge < -0.3 is 9.84 Å². The molecule has 0 fully saturated rings. The monoisotopic (exact) mass is 304 g/mol. The topological polar surface area (TPSA) is 29.5 Å². The number of rotatable bonds is 3. The average molecular weight is 305 g/mol. The average Bonchev–Trinajstić information content (AvgIpc) is 2.48. The highest BCUT2D eigenvalue weighted by molar-refractivity contribution is 6.30. The van der Waals surface area contributed by atoms with E-state index in [4.69, 9.17) is 21.4 Å².